The van der Waals surface area contributed by atoms with Crippen molar-refractivity contribution < 1.29 is 0 Å². The maximum absolute atomic E-state index is 3.10. The van der Waals surface area contributed by atoms with Crippen LogP contribution in [0.4, 0.5) is 0 Å². The average Bonchev–Trinajstić information content (AvgIpc) is 2.76. The lowest BCUT2D eigenvalue weighted by atomic mass is 10.0. The second-order valence-corrected chi connectivity index (χ2v) is 29.9. The molecule has 15 aromatic rings. The van der Waals surface area contributed by atoms with Crippen LogP contribution in [0.15, 0.2) is 328 Å². The Morgan fingerprint density at radius 1 is 0.241 bits per heavy atom. The molecule has 0 bridgehead atoms. The Morgan fingerprint density at radius 3 is 1.37 bits per heavy atom. The lowest BCUT2D eigenvalue weighted by Crippen LogP contribution is -2.74. The third-order valence-electron chi connectivity index (χ3n) is 18.0. The zero-order valence-corrected chi connectivity index (χ0v) is 47.8. The molecular weight excluding hydrogens is 1030 g/mol. The molecule has 1 aliphatic rings. The van der Waals surface area contributed by atoms with Gasteiger partial charge in [-0.3, -0.25) is 0 Å². The van der Waals surface area contributed by atoms with E-state index in [1.807, 2.05) is 0 Å². The molecule has 2 heterocycles. The number of rotatable bonds is 11. The van der Waals surface area contributed by atoms with Gasteiger partial charge in [0.1, 0.15) is 0 Å². The van der Waals surface area contributed by atoms with E-state index in [9.17, 15) is 0 Å². The van der Waals surface area contributed by atoms with Gasteiger partial charge in [-0.25, -0.2) is 0 Å². The first-order valence-electron chi connectivity index (χ1n) is 28.9. The summed E-state index contributed by atoms with van der Waals surface area (Å²) in [4.78, 5) is 0. The van der Waals surface area contributed by atoms with Gasteiger partial charge in [0.15, 0.2) is 16.1 Å². The standard InChI is InChI=1S/C79H56N2Si2/c1-7-25-56(26-8-1)57-46-49-75-72(52-57)70-41-21-22-42-74(70)80(75)61-47-50-76-73(54-61)79-77(43-24-44-78(79)83(64-33-13-4-14-34-64,65-35-15-5-16-36-65)66-37-17-6-18-38-66)81(76)60-28-23-39-67(53-60)82(62-29-9-2-10-30-62,63-31-11-3-12-32-63)68-48-45-59-51-58-27-19-20-40-69(58)71(59)55-68/h1-50,52-55H,51H2. The van der Waals surface area contributed by atoms with Crippen LogP contribution in [0.2, 0.25) is 0 Å². The van der Waals surface area contributed by atoms with Gasteiger partial charge in [-0.05, 0) is 136 Å². The Hall–Kier alpha value is -10.1. The van der Waals surface area contributed by atoms with Gasteiger partial charge < -0.3 is 9.13 Å². The Bertz CT molecular complexity index is 4780. The summed E-state index contributed by atoms with van der Waals surface area (Å²) in [7, 11) is -6.15. The van der Waals surface area contributed by atoms with Crippen LogP contribution in [0.3, 0.4) is 0 Å². The third kappa shape index (κ3) is 7.61. The van der Waals surface area contributed by atoms with E-state index in [1.54, 1.807) is 0 Å². The van der Waals surface area contributed by atoms with Crippen molar-refractivity contribution >= 4 is 101 Å². The molecule has 0 atom stereocenters. The van der Waals surface area contributed by atoms with Crippen molar-refractivity contribution in [2.45, 2.75) is 6.42 Å². The number of hydrogen-bond donors (Lipinski definition) is 0. The number of benzene rings is 13. The maximum atomic E-state index is 2.59. The fourth-order valence-electron chi connectivity index (χ4n) is 14.5. The Balaban J connectivity index is 1.01. The maximum Gasteiger partial charge on any atom is 0.180 e. The van der Waals surface area contributed by atoms with Gasteiger partial charge in [-0.1, -0.05) is 273 Å². The van der Waals surface area contributed by atoms with E-state index in [2.05, 4.69) is 337 Å². The van der Waals surface area contributed by atoms with Gasteiger partial charge in [-0.2, -0.15) is 0 Å². The molecule has 4 heteroatoms. The van der Waals surface area contributed by atoms with Crippen LogP contribution in [0, 0.1) is 0 Å². The van der Waals surface area contributed by atoms with E-state index in [0.29, 0.717) is 0 Å². The molecule has 0 saturated carbocycles. The molecule has 0 radical (unpaired) electrons. The summed E-state index contributed by atoms with van der Waals surface area (Å²) in [6, 6.07) is 124. The SMILES string of the molecule is c1ccc(-c2ccc3c(c2)c2ccccc2n3-c2ccc3c(c2)c2c([Si](c4ccccc4)(c4ccccc4)c4ccccc4)cccc2n3-c2cccc([Si](c3ccccc3)(c3ccccc3)c3ccc4c(c3)-c3ccccc3C4)c2)cc1. The van der Waals surface area contributed by atoms with Gasteiger partial charge in [0.25, 0.3) is 0 Å². The van der Waals surface area contributed by atoms with E-state index in [1.165, 1.54) is 118 Å². The first kappa shape index (κ1) is 48.8. The normalized spacial score (nSPS) is 12.3. The van der Waals surface area contributed by atoms with E-state index in [-0.39, 0.29) is 0 Å². The van der Waals surface area contributed by atoms with Crippen molar-refractivity contribution in [3.63, 3.8) is 0 Å². The molecule has 0 fully saturated rings. The van der Waals surface area contributed by atoms with Crippen molar-refractivity contribution in [2.75, 3.05) is 0 Å². The van der Waals surface area contributed by atoms with Crippen molar-refractivity contribution in [1.82, 2.24) is 9.13 Å². The molecule has 1 aliphatic carbocycles. The van der Waals surface area contributed by atoms with Crippen molar-refractivity contribution in [2.24, 2.45) is 0 Å². The lowest BCUT2D eigenvalue weighted by molar-refractivity contribution is 1.17. The van der Waals surface area contributed by atoms with Crippen molar-refractivity contribution in [3.8, 4) is 33.6 Å². The molecule has 0 aliphatic heterocycles. The van der Waals surface area contributed by atoms with Crippen LogP contribution in [-0.4, -0.2) is 25.3 Å². The van der Waals surface area contributed by atoms with Crippen LogP contribution in [0.5, 0.6) is 0 Å². The zero-order valence-electron chi connectivity index (χ0n) is 45.8. The smallest absolute Gasteiger partial charge is 0.180 e. The minimum absolute atomic E-state index is 0.957. The second kappa shape index (κ2) is 19.9. The Morgan fingerprint density at radius 2 is 0.711 bits per heavy atom. The predicted molar refractivity (Wildman–Crippen MR) is 356 cm³/mol. The summed E-state index contributed by atoms with van der Waals surface area (Å²) < 4.78 is 5.09. The average molecular weight is 1090 g/mol. The quantitative estimate of drug-likeness (QED) is 0.0902. The zero-order chi connectivity index (χ0) is 54.9. The molecule has 0 amide bonds. The van der Waals surface area contributed by atoms with Crippen LogP contribution >= 0.6 is 0 Å². The summed E-state index contributed by atoms with van der Waals surface area (Å²) >= 11 is 0. The molecule has 0 N–H and O–H groups in total. The van der Waals surface area contributed by atoms with Crippen molar-refractivity contribution in [3.05, 3.63) is 339 Å². The fourth-order valence-corrected chi connectivity index (χ4v) is 24.3. The number of fused-ring (bicyclic) bond motifs is 9. The van der Waals surface area contributed by atoms with E-state index >= 15 is 0 Å². The second-order valence-electron chi connectivity index (χ2n) is 22.3. The monoisotopic (exact) mass is 1090 g/mol. The van der Waals surface area contributed by atoms with Crippen LogP contribution in [-0.2, 0) is 6.42 Å². The van der Waals surface area contributed by atoms with Gasteiger partial charge in [0.2, 0.25) is 0 Å². The molecule has 13 aromatic carbocycles. The third-order valence-corrected chi connectivity index (χ3v) is 27.6. The van der Waals surface area contributed by atoms with Crippen LogP contribution in [0.25, 0.3) is 77.2 Å². The number of para-hydroxylation sites is 1. The molecule has 0 saturated heterocycles. The van der Waals surface area contributed by atoms with Gasteiger partial charge in [0, 0.05) is 32.9 Å². The Kier molecular flexibility index (Phi) is 11.7. The van der Waals surface area contributed by atoms with Gasteiger partial charge >= 0.3 is 0 Å². The number of nitrogens with zero attached hydrogens (tertiary/aromatic N) is 2. The first-order chi connectivity index (χ1) is 41.2. The number of hydrogen-bond acceptors (Lipinski definition) is 0. The first-order valence-corrected chi connectivity index (χ1v) is 32.9. The van der Waals surface area contributed by atoms with Crippen molar-refractivity contribution in [1.29, 1.82) is 0 Å². The highest BCUT2D eigenvalue weighted by atomic mass is 28.3. The van der Waals surface area contributed by atoms with E-state index < -0.39 is 16.1 Å². The highest BCUT2D eigenvalue weighted by Gasteiger charge is 2.45. The summed E-state index contributed by atoms with van der Waals surface area (Å²) in [6.45, 7) is 0. The topological polar surface area (TPSA) is 9.86 Å². The summed E-state index contributed by atoms with van der Waals surface area (Å²) in [6.07, 6.45) is 0.957. The largest absolute Gasteiger partial charge is 0.309 e. The molecule has 390 valence electrons. The van der Waals surface area contributed by atoms with Gasteiger partial charge in [0.05, 0.1) is 22.1 Å². The minimum Gasteiger partial charge on any atom is -0.309 e. The summed E-state index contributed by atoms with van der Waals surface area (Å²) in [5.74, 6) is 0. The molecule has 2 aromatic heterocycles. The minimum atomic E-state index is -3.10. The van der Waals surface area contributed by atoms with Gasteiger partial charge in [-0.15, -0.1) is 0 Å². The molecule has 83 heavy (non-hydrogen) atoms. The molecule has 0 unspecified atom stereocenters. The highest BCUT2D eigenvalue weighted by Crippen LogP contribution is 2.40. The Labute approximate surface area is 486 Å². The molecular formula is C79H56N2Si2. The summed E-state index contributed by atoms with van der Waals surface area (Å²) in [5, 5.41) is 15.8. The van der Waals surface area contributed by atoms with E-state index in [0.717, 1.165) is 17.8 Å². The highest BCUT2D eigenvalue weighted by molar-refractivity contribution is 7.21. The lowest BCUT2D eigenvalue weighted by Gasteiger charge is -2.35. The number of aromatic nitrogens is 2. The predicted octanol–water partition coefficient (Wildman–Crippen LogP) is 13.9. The fraction of sp³-hybridized carbons (Fsp3) is 0.0127. The molecule has 16 rings (SSSR count). The molecule has 0 spiro atoms. The van der Waals surface area contributed by atoms with Crippen LogP contribution in [0.1, 0.15) is 11.1 Å². The van der Waals surface area contributed by atoms with E-state index in [4.69, 9.17) is 0 Å². The van der Waals surface area contributed by atoms with Crippen LogP contribution < -0.4 is 41.5 Å². The summed E-state index contributed by atoms with van der Waals surface area (Å²) in [5.41, 5.74) is 14.9. The molecule has 2 nitrogen and oxygen atoms in total.